The minimum absolute atomic E-state index is 0.320. The third kappa shape index (κ3) is 3.11. The fraction of sp³-hybridized carbons (Fsp3) is 0.217. The summed E-state index contributed by atoms with van der Waals surface area (Å²) in [5, 5.41) is 1.13. The molecule has 1 unspecified atom stereocenters. The number of benzene rings is 2. The van der Waals surface area contributed by atoms with Crippen molar-refractivity contribution >= 4 is 38.4 Å². The van der Waals surface area contributed by atoms with Crippen LogP contribution in [0.15, 0.2) is 62.6 Å². The number of hydrogen-bond donors (Lipinski definition) is 0. The highest BCUT2D eigenvalue weighted by Gasteiger charge is 2.33. The van der Waals surface area contributed by atoms with Crippen LogP contribution in [0.3, 0.4) is 0 Å². The number of fused-ring (bicyclic) bond motifs is 3. The molecule has 0 spiro atoms. The Morgan fingerprint density at radius 1 is 1.00 bits per heavy atom. The summed E-state index contributed by atoms with van der Waals surface area (Å²) >= 11 is 9.59. The molecule has 158 valence electrons. The van der Waals surface area contributed by atoms with Crippen molar-refractivity contribution in [1.29, 1.82) is 0 Å². The zero-order chi connectivity index (χ0) is 21.9. The Labute approximate surface area is 191 Å². The maximum atomic E-state index is 13.3. The summed E-state index contributed by atoms with van der Waals surface area (Å²) in [5.41, 5.74) is 3.33. The maximum Gasteiger partial charge on any atom is 0.331 e. The highest BCUT2D eigenvalue weighted by atomic mass is 79.9. The molecule has 0 bridgehead atoms. The highest BCUT2D eigenvalue weighted by molar-refractivity contribution is 9.10. The number of ether oxygens (including phenoxy) is 1. The van der Waals surface area contributed by atoms with Gasteiger partial charge in [0.2, 0.25) is 0 Å². The molecule has 0 saturated heterocycles. The van der Waals surface area contributed by atoms with Gasteiger partial charge >= 0.3 is 5.69 Å². The maximum absolute atomic E-state index is 13.3. The second-order valence-corrected chi connectivity index (χ2v) is 8.98. The van der Waals surface area contributed by atoms with Crippen molar-refractivity contribution in [3.05, 3.63) is 90.1 Å². The molecule has 0 fully saturated rings. The summed E-state index contributed by atoms with van der Waals surface area (Å²) in [5.74, 6) is 0. The molecule has 0 amide bonds. The number of halogens is 2. The van der Waals surface area contributed by atoms with Gasteiger partial charge in [0.25, 0.3) is 5.56 Å². The minimum Gasteiger partial charge on any atom is -0.365 e. The van der Waals surface area contributed by atoms with Crippen LogP contribution in [-0.2, 0) is 25.4 Å². The number of nitrogens with zero attached hydrogens (tertiary/aromatic N) is 3. The van der Waals surface area contributed by atoms with Gasteiger partial charge in [0.05, 0.1) is 28.9 Å². The van der Waals surface area contributed by atoms with Crippen molar-refractivity contribution in [2.75, 3.05) is 6.61 Å². The third-order valence-corrected chi connectivity index (χ3v) is 6.62. The number of aromatic nitrogens is 3. The average Bonchev–Trinajstić information content (AvgIpc) is 3.13. The topological polar surface area (TPSA) is 58.2 Å². The van der Waals surface area contributed by atoms with Gasteiger partial charge < -0.3 is 9.30 Å². The fourth-order valence-corrected chi connectivity index (χ4v) is 4.77. The van der Waals surface area contributed by atoms with Crippen molar-refractivity contribution in [3.63, 3.8) is 0 Å². The van der Waals surface area contributed by atoms with Crippen LogP contribution in [-0.4, -0.2) is 20.3 Å². The quantitative estimate of drug-likeness (QED) is 0.414. The highest BCUT2D eigenvalue weighted by Crippen LogP contribution is 2.40. The lowest BCUT2D eigenvalue weighted by molar-refractivity contribution is 0.0478. The summed E-state index contributed by atoms with van der Waals surface area (Å²) in [6.45, 7) is 1.07. The summed E-state index contributed by atoms with van der Waals surface area (Å²) in [6.07, 6.45) is -0.400. The Kier molecular flexibility index (Phi) is 4.92. The van der Waals surface area contributed by atoms with E-state index in [9.17, 15) is 9.59 Å². The van der Waals surface area contributed by atoms with Gasteiger partial charge in [-0.25, -0.2) is 4.79 Å². The lowest BCUT2D eigenvalue weighted by Gasteiger charge is -2.27. The molecule has 31 heavy (non-hydrogen) atoms. The molecular formula is C23H19BrClN3O3. The van der Waals surface area contributed by atoms with E-state index < -0.39 is 6.10 Å². The van der Waals surface area contributed by atoms with E-state index in [0.717, 1.165) is 31.6 Å². The second-order valence-electron chi connectivity index (χ2n) is 7.62. The van der Waals surface area contributed by atoms with Crippen LogP contribution >= 0.6 is 27.5 Å². The molecule has 0 radical (unpaired) electrons. The molecule has 1 aliphatic heterocycles. The summed E-state index contributed by atoms with van der Waals surface area (Å²) in [6, 6.07) is 15.3. The van der Waals surface area contributed by atoms with E-state index in [1.807, 2.05) is 36.4 Å². The summed E-state index contributed by atoms with van der Waals surface area (Å²) in [7, 11) is 3.21. The van der Waals surface area contributed by atoms with Gasteiger partial charge in [0.1, 0.15) is 6.10 Å². The Balaban J connectivity index is 1.93. The number of aryl methyl sites for hydroxylation is 1. The Hall–Kier alpha value is -2.61. The molecule has 1 atom stereocenters. The van der Waals surface area contributed by atoms with Gasteiger partial charge in [-0.05, 0) is 35.4 Å². The molecule has 3 heterocycles. The van der Waals surface area contributed by atoms with Crippen LogP contribution < -0.4 is 11.2 Å². The normalized spacial score (nSPS) is 15.9. The number of rotatable bonds is 2. The predicted molar refractivity (Wildman–Crippen MR) is 125 cm³/mol. The first-order valence-electron chi connectivity index (χ1n) is 9.83. The van der Waals surface area contributed by atoms with Crippen LogP contribution in [0, 0.1) is 0 Å². The van der Waals surface area contributed by atoms with Gasteiger partial charge in [-0.1, -0.05) is 51.8 Å². The van der Waals surface area contributed by atoms with E-state index in [4.69, 9.17) is 16.3 Å². The van der Waals surface area contributed by atoms with Crippen LogP contribution in [0.4, 0.5) is 0 Å². The van der Waals surface area contributed by atoms with Gasteiger partial charge in [0.15, 0.2) is 0 Å². The Morgan fingerprint density at radius 2 is 1.68 bits per heavy atom. The molecule has 8 heteroatoms. The van der Waals surface area contributed by atoms with Crippen molar-refractivity contribution in [2.45, 2.75) is 12.6 Å². The van der Waals surface area contributed by atoms with E-state index in [1.165, 1.54) is 7.05 Å². The molecular weight excluding hydrogens is 482 g/mol. The second kappa shape index (κ2) is 7.51. The van der Waals surface area contributed by atoms with Gasteiger partial charge in [0, 0.05) is 30.1 Å². The van der Waals surface area contributed by atoms with Crippen LogP contribution in [0.2, 0.25) is 5.02 Å². The van der Waals surface area contributed by atoms with Gasteiger partial charge in [-0.2, -0.15) is 0 Å². The monoisotopic (exact) mass is 499 g/mol. The lowest BCUT2D eigenvalue weighted by Crippen LogP contribution is -2.37. The van der Waals surface area contributed by atoms with E-state index in [2.05, 4.69) is 20.5 Å². The predicted octanol–water partition coefficient (Wildman–Crippen LogP) is 4.24. The molecule has 2 aromatic carbocycles. The average molecular weight is 501 g/mol. The smallest absolute Gasteiger partial charge is 0.331 e. The van der Waals surface area contributed by atoms with Crippen LogP contribution in [0.1, 0.15) is 17.4 Å². The minimum atomic E-state index is -0.400. The standard InChI is InChI=1S/C23H19BrClN3O3/c1-26-19-17(22(29)27(2)23(26)30)18(13-5-9-16(25)10-6-13)28-11-12-31-21(20(19)28)14-3-7-15(24)8-4-14/h3-10,21H,11-12H2,1-2H3. The third-order valence-electron chi connectivity index (χ3n) is 5.84. The molecule has 2 aromatic heterocycles. The lowest BCUT2D eigenvalue weighted by atomic mass is 10.0. The molecule has 0 saturated carbocycles. The molecule has 1 aliphatic rings. The van der Waals surface area contributed by atoms with Crippen molar-refractivity contribution in [1.82, 2.24) is 13.7 Å². The van der Waals surface area contributed by atoms with Gasteiger partial charge in [-0.15, -0.1) is 0 Å². The molecule has 0 aliphatic carbocycles. The summed E-state index contributed by atoms with van der Waals surface area (Å²) in [4.78, 5) is 26.2. The van der Waals surface area contributed by atoms with E-state index in [1.54, 1.807) is 23.7 Å². The fourth-order valence-electron chi connectivity index (χ4n) is 4.38. The van der Waals surface area contributed by atoms with Crippen molar-refractivity contribution in [3.8, 4) is 11.3 Å². The van der Waals surface area contributed by atoms with Crippen LogP contribution in [0.5, 0.6) is 0 Å². The SMILES string of the molecule is Cn1c(=O)c2c(-c3ccc(Cl)cc3)n3c(c2n(C)c1=O)C(c1ccc(Br)cc1)OCC3. The first-order chi connectivity index (χ1) is 14.9. The molecule has 5 rings (SSSR count). The molecule has 4 aromatic rings. The molecule has 6 nitrogen and oxygen atoms in total. The first-order valence-corrected chi connectivity index (χ1v) is 11.0. The van der Waals surface area contributed by atoms with Crippen molar-refractivity contribution in [2.24, 2.45) is 14.1 Å². The molecule has 0 N–H and O–H groups in total. The largest absolute Gasteiger partial charge is 0.365 e. The van der Waals surface area contributed by atoms with E-state index in [0.29, 0.717) is 29.1 Å². The Morgan fingerprint density at radius 3 is 2.35 bits per heavy atom. The number of hydrogen-bond acceptors (Lipinski definition) is 3. The first kappa shape index (κ1) is 20.3. The Bertz CT molecular complexity index is 1430. The van der Waals surface area contributed by atoms with Crippen LogP contribution in [0.25, 0.3) is 22.2 Å². The zero-order valence-corrected chi connectivity index (χ0v) is 19.3. The van der Waals surface area contributed by atoms with Gasteiger partial charge in [-0.3, -0.25) is 13.9 Å². The van der Waals surface area contributed by atoms with E-state index >= 15 is 0 Å². The van der Waals surface area contributed by atoms with Crippen molar-refractivity contribution < 1.29 is 4.74 Å². The van der Waals surface area contributed by atoms with E-state index in [-0.39, 0.29) is 11.2 Å². The summed E-state index contributed by atoms with van der Waals surface area (Å²) < 4.78 is 12.0. The zero-order valence-electron chi connectivity index (χ0n) is 16.9.